The lowest BCUT2D eigenvalue weighted by Crippen LogP contribution is -2.61. The second-order valence-corrected chi connectivity index (χ2v) is 4.27. The number of nitrogens with zero attached hydrogens (tertiary/aromatic N) is 4. The summed E-state index contributed by atoms with van der Waals surface area (Å²) in [4.78, 5) is 6.13. The highest BCUT2D eigenvalue weighted by Gasteiger charge is 2.42. The number of aromatic nitrogens is 2. The van der Waals surface area contributed by atoms with E-state index in [1.165, 1.54) is 11.5 Å². The third-order valence-corrected chi connectivity index (χ3v) is 3.03. The highest BCUT2D eigenvalue weighted by molar-refractivity contribution is 7.09. The monoisotopic (exact) mass is 210 g/mol. The van der Waals surface area contributed by atoms with Crippen LogP contribution in [-0.2, 0) is 0 Å². The number of aliphatic hydroxyl groups is 1. The molecule has 2 rings (SSSR count). The van der Waals surface area contributed by atoms with Gasteiger partial charge in [0.05, 0.1) is 25.6 Å². The number of anilines is 1. The van der Waals surface area contributed by atoms with Crippen molar-refractivity contribution in [1.82, 2.24) is 9.36 Å². The molecule has 6 heteroatoms. The van der Waals surface area contributed by atoms with E-state index in [0.717, 1.165) is 11.0 Å². The number of nitriles is 1. The number of rotatable bonds is 2. The molecule has 14 heavy (non-hydrogen) atoms. The number of hydrogen-bond acceptors (Lipinski definition) is 6. The summed E-state index contributed by atoms with van der Waals surface area (Å²) in [6.07, 6.45) is 0.182. The van der Waals surface area contributed by atoms with Gasteiger partial charge in [-0.05, 0) is 6.92 Å². The first-order chi connectivity index (χ1) is 6.63. The first-order valence-corrected chi connectivity index (χ1v) is 5.05. The fraction of sp³-hybridized carbons (Fsp3) is 0.625. The lowest BCUT2D eigenvalue weighted by atomic mass is 9.92. The SMILES string of the molecule is Cc1nsc(N2CC(O)(CC#N)C2)n1. The molecule has 1 aliphatic rings. The van der Waals surface area contributed by atoms with Gasteiger partial charge in [-0.25, -0.2) is 4.98 Å². The lowest BCUT2D eigenvalue weighted by molar-refractivity contribution is 0.0166. The fourth-order valence-electron chi connectivity index (χ4n) is 1.47. The van der Waals surface area contributed by atoms with Crippen LogP contribution in [0.2, 0.25) is 0 Å². The quantitative estimate of drug-likeness (QED) is 0.760. The second-order valence-electron chi connectivity index (χ2n) is 3.54. The molecule has 0 unspecified atom stereocenters. The Balaban J connectivity index is 1.98. The van der Waals surface area contributed by atoms with Gasteiger partial charge in [-0.3, -0.25) is 0 Å². The Hall–Kier alpha value is -1.19. The van der Waals surface area contributed by atoms with E-state index in [-0.39, 0.29) is 6.42 Å². The molecule has 5 nitrogen and oxygen atoms in total. The van der Waals surface area contributed by atoms with Crippen molar-refractivity contribution in [3.05, 3.63) is 5.82 Å². The van der Waals surface area contributed by atoms with Gasteiger partial charge in [0.15, 0.2) is 0 Å². The molecule has 1 saturated heterocycles. The smallest absolute Gasteiger partial charge is 0.205 e. The minimum atomic E-state index is -0.839. The predicted molar refractivity (Wildman–Crippen MR) is 52.0 cm³/mol. The Labute approximate surface area is 85.8 Å². The molecular formula is C8H10N4OS. The van der Waals surface area contributed by atoms with Gasteiger partial charge >= 0.3 is 0 Å². The van der Waals surface area contributed by atoms with Crippen LogP contribution in [0.4, 0.5) is 5.13 Å². The summed E-state index contributed by atoms with van der Waals surface area (Å²) < 4.78 is 4.06. The van der Waals surface area contributed by atoms with Gasteiger partial charge < -0.3 is 10.0 Å². The fourth-order valence-corrected chi connectivity index (χ4v) is 2.15. The number of β-amino-alcohol motifs (C(OH)–C–C–N with tert-alkyl or cyclic N) is 1. The Morgan fingerprint density at radius 3 is 2.93 bits per heavy atom. The average Bonchev–Trinajstić information content (AvgIpc) is 2.47. The Kier molecular flexibility index (Phi) is 2.13. The van der Waals surface area contributed by atoms with Gasteiger partial charge in [0.25, 0.3) is 0 Å². The minimum Gasteiger partial charge on any atom is -0.385 e. The normalized spacial score (nSPS) is 18.8. The molecule has 0 bridgehead atoms. The first-order valence-electron chi connectivity index (χ1n) is 4.28. The maximum Gasteiger partial charge on any atom is 0.205 e. The van der Waals surface area contributed by atoms with Crippen LogP contribution < -0.4 is 4.90 Å². The van der Waals surface area contributed by atoms with E-state index >= 15 is 0 Å². The van der Waals surface area contributed by atoms with Crippen LogP contribution in [0.15, 0.2) is 0 Å². The molecule has 1 fully saturated rings. The third-order valence-electron chi connectivity index (χ3n) is 2.17. The van der Waals surface area contributed by atoms with E-state index < -0.39 is 5.60 Å². The maximum absolute atomic E-state index is 9.74. The van der Waals surface area contributed by atoms with Crippen molar-refractivity contribution < 1.29 is 5.11 Å². The van der Waals surface area contributed by atoms with E-state index in [0.29, 0.717) is 13.1 Å². The molecule has 0 spiro atoms. The molecule has 1 aromatic heterocycles. The summed E-state index contributed by atoms with van der Waals surface area (Å²) in [5, 5.41) is 19.0. The molecular weight excluding hydrogens is 200 g/mol. The molecule has 74 valence electrons. The van der Waals surface area contributed by atoms with Crippen LogP contribution in [0.1, 0.15) is 12.2 Å². The van der Waals surface area contributed by atoms with Gasteiger partial charge in [0.1, 0.15) is 11.4 Å². The predicted octanol–water partition coefficient (Wildman–Crippen LogP) is 0.311. The van der Waals surface area contributed by atoms with Gasteiger partial charge in [-0.15, -0.1) is 0 Å². The summed E-state index contributed by atoms with van der Waals surface area (Å²) in [5.41, 5.74) is -0.839. The largest absolute Gasteiger partial charge is 0.385 e. The zero-order valence-corrected chi connectivity index (χ0v) is 8.58. The molecule has 0 amide bonds. The molecule has 2 heterocycles. The van der Waals surface area contributed by atoms with Gasteiger partial charge in [-0.1, -0.05) is 0 Å². The van der Waals surface area contributed by atoms with E-state index in [1.54, 1.807) is 0 Å². The highest BCUT2D eigenvalue weighted by Crippen LogP contribution is 2.30. The van der Waals surface area contributed by atoms with Crippen LogP contribution in [0, 0.1) is 18.3 Å². The van der Waals surface area contributed by atoms with E-state index in [1.807, 2.05) is 17.9 Å². The third kappa shape index (κ3) is 1.56. The van der Waals surface area contributed by atoms with Crippen molar-refractivity contribution in [2.75, 3.05) is 18.0 Å². The molecule has 0 atom stereocenters. The number of hydrogen-bond donors (Lipinski definition) is 1. The molecule has 0 aliphatic carbocycles. The standard InChI is InChI=1S/C8H10N4OS/c1-6-10-7(14-11-6)12-4-8(13,5-12)2-3-9/h13H,2,4-5H2,1H3. The topological polar surface area (TPSA) is 73.0 Å². The van der Waals surface area contributed by atoms with Crippen molar-refractivity contribution in [2.45, 2.75) is 18.9 Å². The molecule has 0 aromatic carbocycles. The molecule has 1 aromatic rings. The van der Waals surface area contributed by atoms with Gasteiger partial charge in [-0.2, -0.15) is 9.64 Å². The summed E-state index contributed by atoms with van der Waals surface area (Å²) in [6.45, 7) is 2.80. The van der Waals surface area contributed by atoms with E-state index in [9.17, 15) is 5.11 Å². The summed E-state index contributed by atoms with van der Waals surface area (Å²) in [7, 11) is 0. The average molecular weight is 210 g/mol. The van der Waals surface area contributed by atoms with Gasteiger partial charge in [0.2, 0.25) is 5.13 Å². The van der Waals surface area contributed by atoms with Crippen molar-refractivity contribution in [3.63, 3.8) is 0 Å². The van der Waals surface area contributed by atoms with Crippen LogP contribution in [0.25, 0.3) is 0 Å². The summed E-state index contributed by atoms with van der Waals surface area (Å²) >= 11 is 1.32. The minimum absolute atomic E-state index is 0.182. The Morgan fingerprint density at radius 1 is 1.71 bits per heavy atom. The lowest BCUT2D eigenvalue weighted by Gasteiger charge is -2.44. The van der Waals surface area contributed by atoms with Gasteiger partial charge in [0, 0.05) is 11.5 Å². The second kappa shape index (κ2) is 3.19. The molecule has 1 N–H and O–H groups in total. The zero-order valence-electron chi connectivity index (χ0n) is 7.77. The van der Waals surface area contributed by atoms with E-state index in [4.69, 9.17) is 5.26 Å². The van der Waals surface area contributed by atoms with Crippen LogP contribution in [0.5, 0.6) is 0 Å². The molecule has 0 saturated carbocycles. The summed E-state index contributed by atoms with van der Waals surface area (Å²) in [6, 6.07) is 1.98. The highest BCUT2D eigenvalue weighted by atomic mass is 32.1. The van der Waals surface area contributed by atoms with E-state index in [2.05, 4.69) is 9.36 Å². The van der Waals surface area contributed by atoms with Crippen molar-refractivity contribution >= 4 is 16.7 Å². The van der Waals surface area contributed by atoms with Crippen molar-refractivity contribution in [2.24, 2.45) is 0 Å². The first kappa shape index (κ1) is 9.37. The Morgan fingerprint density at radius 2 is 2.43 bits per heavy atom. The molecule has 0 radical (unpaired) electrons. The van der Waals surface area contributed by atoms with Crippen LogP contribution in [0.3, 0.4) is 0 Å². The Bertz CT molecular complexity index is 377. The van der Waals surface area contributed by atoms with Crippen LogP contribution >= 0.6 is 11.5 Å². The number of aryl methyl sites for hydroxylation is 1. The summed E-state index contributed by atoms with van der Waals surface area (Å²) in [5.74, 6) is 0.751. The van der Waals surface area contributed by atoms with Crippen molar-refractivity contribution in [3.8, 4) is 6.07 Å². The van der Waals surface area contributed by atoms with Crippen LogP contribution in [-0.4, -0.2) is 33.2 Å². The molecule has 1 aliphatic heterocycles. The van der Waals surface area contributed by atoms with Crippen molar-refractivity contribution in [1.29, 1.82) is 5.26 Å². The maximum atomic E-state index is 9.74. The zero-order chi connectivity index (χ0) is 10.2.